The first-order chi connectivity index (χ1) is 9.36. The SMILES string of the molecule is CCCNc1cn2ccnc2c(Sc2ncc[nH]2)n1. The largest absolute Gasteiger partial charge is 0.369 e. The number of imidazole rings is 2. The zero-order chi connectivity index (χ0) is 13.1. The Morgan fingerprint density at radius 1 is 1.37 bits per heavy atom. The van der Waals surface area contributed by atoms with Crippen LogP contribution in [0.3, 0.4) is 0 Å². The lowest BCUT2D eigenvalue weighted by Gasteiger charge is -2.07. The third-order valence-electron chi connectivity index (χ3n) is 2.57. The van der Waals surface area contributed by atoms with E-state index < -0.39 is 0 Å². The number of H-pyrrole nitrogens is 1. The fourth-order valence-corrected chi connectivity index (χ4v) is 2.52. The van der Waals surface area contributed by atoms with Gasteiger partial charge in [-0.15, -0.1) is 0 Å². The lowest BCUT2D eigenvalue weighted by Crippen LogP contribution is -2.04. The molecule has 0 aliphatic carbocycles. The topological polar surface area (TPSA) is 70.9 Å². The van der Waals surface area contributed by atoms with Crippen LogP contribution in [0.15, 0.2) is 41.2 Å². The molecule has 3 rings (SSSR count). The first kappa shape index (κ1) is 12.0. The van der Waals surface area contributed by atoms with Crippen LogP contribution in [-0.2, 0) is 0 Å². The maximum Gasteiger partial charge on any atom is 0.171 e. The molecule has 0 unspecified atom stereocenters. The molecule has 6 nitrogen and oxygen atoms in total. The number of nitrogens with one attached hydrogen (secondary N) is 2. The van der Waals surface area contributed by atoms with E-state index in [9.17, 15) is 0 Å². The van der Waals surface area contributed by atoms with Crippen LogP contribution in [0.5, 0.6) is 0 Å². The Morgan fingerprint density at radius 2 is 2.32 bits per heavy atom. The summed E-state index contributed by atoms with van der Waals surface area (Å²) in [7, 11) is 0. The fourth-order valence-electron chi connectivity index (χ4n) is 1.71. The number of aromatic nitrogens is 5. The number of nitrogens with zero attached hydrogens (tertiary/aromatic N) is 4. The third kappa shape index (κ3) is 2.55. The third-order valence-corrected chi connectivity index (χ3v) is 3.45. The average Bonchev–Trinajstić information content (AvgIpc) is 3.06. The van der Waals surface area contributed by atoms with Gasteiger partial charge in [-0.05, 0) is 18.2 Å². The molecule has 2 N–H and O–H groups in total. The summed E-state index contributed by atoms with van der Waals surface area (Å²) in [6.45, 7) is 3.03. The van der Waals surface area contributed by atoms with E-state index in [4.69, 9.17) is 0 Å². The molecule has 0 saturated heterocycles. The van der Waals surface area contributed by atoms with Crippen molar-refractivity contribution in [2.24, 2.45) is 0 Å². The Hall–Kier alpha value is -2.02. The second-order valence-corrected chi connectivity index (χ2v) is 4.99. The predicted octanol–water partition coefficient (Wildman–Crippen LogP) is 2.43. The quantitative estimate of drug-likeness (QED) is 0.747. The smallest absolute Gasteiger partial charge is 0.171 e. The number of fused-ring (bicyclic) bond motifs is 1. The molecule has 0 atom stereocenters. The van der Waals surface area contributed by atoms with E-state index in [2.05, 4.69) is 32.2 Å². The molecule has 0 radical (unpaired) electrons. The number of aromatic amines is 1. The number of hydrogen-bond acceptors (Lipinski definition) is 5. The van der Waals surface area contributed by atoms with Crippen LogP contribution in [0.2, 0.25) is 0 Å². The highest BCUT2D eigenvalue weighted by Gasteiger charge is 2.10. The van der Waals surface area contributed by atoms with Crippen LogP contribution in [0.1, 0.15) is 13.3 Å². The summed E-state index contributed by atoms with van der Waals surface area (Å²) in [6.07, 6.45) is 10.2. The van der Waals surface area contributed by atoms with Gasteiger partial charge in [-0.1, -0.05) is 6.92 Å². The minimum atomic E-state index is 0.810. The Bertz CT molecular complexity index is 660. The molecule has 0 saturated carbocycles. The maximum atomic E-state index is 4.59. The Labute approximate surface area is 114 Å². The molecule has 19 heavy (non-hydrogen) atoms. The van der Waals surface area contributed by atoms with Crippen molar-refractivity contribution in [2.75, 3.05) is 11.9 Å². The van der Waals surface area contributed by atoms with Crippen LogP contribution < -0.4 is 5.32 Å². The standard InChI is InChI=1S/C12H14N6S/c1-2-3-13-9-8-18-7-6-14-10(18)11(17-9)19-12-15-4-5-16-12/h4-8,13H,2-3H2,1H3,(H,15,16). The summed E-state index contributed by atoms with van der Waals surface area (Å²) in [4.78, 5) is 16.2. The molecule has 3 aromatic rings. The van der Waals surface area contributed by atoms with Crippen molar-refractivity contribution >= 4 is 23.2 Å². The van der Waals surface area contributed by atoms with Gasteiger partial charge >= 0.3 is 0 Å². The zero-order valence-electron chi connectivity index (χ0n) is 10.5. The summed E-state index contributed by atoms with van der Waals surface area (Å²) >= 11 is 1.47. The molecule has 0 fully saturated rings. The van der Waals surface area contributed by atoms with Crippen molar-refractivity contribution in [3.8, 4) is 0 Å². The van der Waals surface area contributed by atoms with Crippen molar-refractivity contribution in [1.82, 2.24) is 24.3 Å². The van der Waals surface area contributed by atoms with E-state index in [0.717, 1.165) is 34.6 Å². The summed E-state index contributed by atoms with van der Waals surface area (Å²) in [5, 5.41) is 4.94. The molecule has 3 aromatic heterocycles. The van der Waals surface area contributed by atoms with E-state index in [1.807, 2.05) is 16.8 Å². The Morgan fingerprint density at radius 3 is 3.11 bits per heavy atom. The molecule has 0 bridgehead atoms. The fraction of sp³-hybridized carbons (Fsp3) is 0.250. The summed E-state index contributed by atoms with van der Waals surface area (Å²) in [6, 6.07) is 0. The first-order valence-corrected chi connectivity index (χ1v) is 6.93. The molecule has 0 amide bonds. The minimum Gasteiger partial charge on any atom is -0.369 e. The van der Waals surface area contributed by atoms with Gasteiger partial charge in [-0.25, -0.2) is 15.0 Å². The zero-order valence-corrected chi connectivity index (χ0v) is 11.3. The number of hydrogen-bond donors (Lipinski definition) is 2. The van der Waals surface area contributed by atoms with E-state index in [1.165, 1.54) is 11.8 Å². The normalized spacial score (nSPS) is 11.0. The van der Waals surface area contributed by atoms with Crippen LogP contribution in [0.4, 0.5) is 5.82 Å². The van der Waals surface area contributed by atoms with Gasteiger partial charge in [-0.2, -0.15) is 0 Å². The highest BCUT2D eigenvalue weighted by atomic mass is 32.2. The molecule has 7 heteroatoms. The molecule has 3 heterocycles. The van der Waals surface area contributed by atoms with Crippen LogP contribution in [0, 0.1) is 0 Å². The molecular weight excluding hydrogens is 260 g/mol. The van der Waals surface area contributed by atoms with Gasteiger partial charge in [0.25, 0.3) is 0 Å². The molecular formula is C12H14N6S. The maximum absolute atomic E-state index is 4.59. The van der Waals surface area contributed by atoms with Crippen molar-refractivity contribution in [1.29, 1.82) is 0 Å². The summed E-state index contributed by atoms with van der Waals surface area (Å²) in [5.41, 5.74) is 0.837. The highest BCUT2D eigenvalue weighted by Crippen LogP contribution is 2.27. The average molecular weight is 274 g/mol. The monoisotopic (exact) mass is 274 g/mol. The molecule has 0 spiro atoms. The lowest BCUT2D eigenvalue weighted by molar-refractivity contribution is 0.942. The van der Waals surface area contributed by atoms with E-state index >= 15 is 0 Å². The van der Waals surface area contributed by atoms with Crippen molar-refractivity contribution in [3.05, 3.63) is 31.0 Å². The van der Waals surface area contributed by atoms with E-state index in [1.54, 1.807) is 18.6 Å². The summed E-state index contributed by atoms with van der Waals surface area (Å²) < 4.78 is 1.97. The van der Waals surface area contributed by atoms with Crippen LogP contribution in [-0.4, -0.2) is 30.9 Å². The van der Waals surface area contributed by atoms with Gasteiger partial charge in [0.05, 0.1) is 6.20 Å². The Kier molecular flexibility index (Phi) is 3.37. The van der Waals surface area contributed by atoms with Gasteiger partial charge in [0.15, 0.2) is 10.8 Å². The molecule has 0 aliphatic rings. The molecule has 98 valence electrons. The predicted molar refractivity (Wildman–Crippen MR) is 74.5 cm³/mol. The number of anilines is 1. The summed E-state index contributed by atoms with van der Waals surface area (Å²) in [5.74, 6) is 0.849. The second kappa shape index (κ2) is 5.31. The van der Waals surface area contributed by atoms with Crippen LogP contribution >= 0.6 is 11.8 Å². The van der Waals surface area contributed by atoms with Gasteiger partial charge in [0.2, 0.25) is 0 Å². The number of rotatable bonds is 5. The van der Waals surface area contributed by atoms with Crippen molar-refractivity contribution in [2.45, 2.75) is 23.5 Å². The lowest BCUT2D eigenvalue weighted by atomic mass is 10.5. The Balaban J connectivity index is 1.97. The van der Waals surface area contributed by atoms with E-state index in [-0.39, 0.29) is 0 Å². The minimum absolute atomic E-state index is 0.810. The first-order valence-electron chi connectivity index (χ1n) is 6.11. The van der Waals surface area contributed by atoms with Crippen molar-refractivity contribution < 1.29 is 0 Å². The van der Waals surface area contributed by atoms with E-state index in [0.29, 0.717) is 0 Å². The van der Waals surface area contributed by atoms with Gasteiger partial charge in [0.1, 0.15) is 10.8 Å². The van der Waals surface area contributed by atoms with Crippen LogP contribution in [0.25, 0.3) is 5.65 Å². The molecule has 0 aliphatic heterocycles. The molecule has 0 aromatic carbocycles. The second-order valence-electron chi connectivity index (χ2n) is 4.01. The van der Waals surface area contributed by atoms with Crippen molar-refractivity contribution in [3.63, 3.8) is 0 Å². The van der Waals surface area contributed by atoms with Gasteiger partial charge < -0.3 is 14.7 Å². The highest BCUT2D eigenvalue weighted by molar-refractivity contribution is 7.99. The van der Waals surface area contributed by atoms with Gasteiger partial charge in [0, 0.05) is 31.3 Å². The van der Waals surface area contributed by atoms with Gasteiger partial charge in [-0.3, -0.25) is 0 Å².